The summed E-state index contributed by atoms with van der Waals surface area (Å²) in [4.78, 5) is 41.2. The number of aromatic hydroxyl groups is 1. The smallest absolute Gasteiger partial charge is 0.271 e. The molecule has 1 saturated heterocycles. The molecule has 1 amide bonds. The van der Waals surface area contributed by atoms with E-state index in [2.05, 4.69) is 6.92 Å². The third-order valence-corrected chi connectivity index (χ3v) is 7.50. The molecule has 0 bridgehead atoms. The van der Waals surface area contributed by atoms with Crippen LogP contribution >= 0.6 is 35.3 Å². The predicted molar refractivity (Wildman–Crippen MR) is 134 cm³/mol. The number of hydrogen-bond acceptors (Lipinski definition) is 8. The standard InChI is InChI=1S/C23H23N3O4S3/c1-3-4-5-6-9-25-20(28)16(12-24)14(2)19(22(25)30)17(27)13-26-21(29)18(33-23(26)31)11-15-8-7-10-32-15/h7-8,10-11,30H,3-6,9,13H2,1-2H3/b18-11-. The number of thiocarbonyl (C=S) groups is 1. The summed E-state index contributed by atoms with van der Waals surface area (Å²) in [7, 11) is 0. The van der Waals surface area contributed by atoms with Crippen molar-refractivity contribution in [3.8, 4) is 11.9 Å². The first-order valence-electron chi connectivity index (χ1n) is 10.5. The van der Waals surface area contributed by atoms with Gasteiger partial charge < -0.3 is 5.11 Å². The lowest BCUT2D eigenvalue weighted by atomic mass is 10.0. The Bertz CT molecular complexity index is 1220. The number of amides is 1. The van der Waals surface area contributed by atoms with Crippen LogP contribution in [0.5, 0.6) is 5.88 Å². The summed E-state index contributed by atoms with van der Waals surface area (Å²) in [5, 5.41) is 22.2. The average molecular weight is 502 g/mol. The highest BCUT2D eigenvalue weighted by Gasteiger charge is 2.35. The molecule has 33 heavy (non-hydrogen) atoms. The number of carbonyl (C=O) groups excluding carboxylic acids is 2. The number of aromatic nitrogens is 1. The van der Waals surface area contributed by atoms with Crippen molar-refractivity contribution < 1.29 is 14.7 Å². The van der Waals surface area contributed by atoms with Crippen molar-refractivity contribution in [1.29, 1.82) is 5.26 Å². The van der Waals surface area contributed by atoms with E-state index in [0.29, 0.717) is 11.3 Å². The largest absolute Gasteiger partial charge is 0.494 e. The summed E-state index contributed by atoms with van der Waals surface area (Å²) in [6.45, 7) is 3.32. The number of carbonyl (C=O) groups is 2. The van der Waals surface area contributed by atoms with E-state index in [-0.39, 0.29) is 34.1 Å². The SMILES string of the molecule is CCCCCCn1c(O)c(C(=O)CN2C(=O)/C(=C/c3cccs3)SC2=S)c(C)c(C#N)c1=O. The first kappa shape index (κ1) is 24.9. The summed E-state index contributed by atoms with van der Waals surface area (Å²) in [5.74, 6) is -1.45. The van der Waals surface area contributed by atoms with Gasteiger partial charge in [0, 0.05) is 11.4 Å². The van der Waals surface area contributed by atoms with Crippen LogP contribution in [0.25, 0.3) is 6.08 Å². The molecule has 1 aliphatic heterocycles. The molecule has 1 fully saturated rings. The maximum absolute atomic E-state index is 13.2. The number of unbranched alkanes of at least 4 members (excludes halogenated alkanes) is 3. The minimum Gasteiger partial charge on any atom is -0.494 e. The fraction of sp³-hybridized carbons (Fsp3) is 0.348. The molecule has 0 saturated carbocycles. The molecule has 172 valence electrons. The third kappa shape index (κ3) is 5.27. The van der Waals surface area contributed by atoms with E-state index < -0.39 is 23.1 Å². The molecule has 3 heterocycles. The minimum atomic E-state index is -0.620. The third-order valence-electron chi connectivity index (χ3n) is 5.31. The second-order valence-electron chi connectivity index (χ2n) is 7.53. The molecular weight excluding hydrogens is 478 g/mol. The Morgan fingerprint density at radius 1 is 1.30 bits per heavy atom. The lowest BCUT2D eigenvalue weighted by Gasteiger charge is -2.18. The number of nitriles is 1. The van der Waals surface area contributed by atoms with Gasteiger partial charge in [-0.2, -0.15) is 5.26 Å². The van der Waals surface area contributed by atoms with Crippen LogP contribution in [0.2, 0.25) is 0 Å². The minimum absolute atomic E-state index is 0.106. The summed E-state index contributed by atoms with van der Waals surface area (Å²) in [6, 6.07) is 5.60. The van der Waals surface area contributed by atoms with E-state index in [1.54, 1.807) is 6.08 Å². The van der Waals surface area contributed by atoms with Gasteiger partial charge in [-0.05, 0) is 36.4 Å². The van der Waals surface area contributed by atoms with Crippen LogP contribution < -0.4 is 5.56 Å². The fourth-order valence-corrected chi connectivity index (χ4v) is 5.53. The highest BCUT2D eigenvalue weighted by Crippen LogP contribution is 2.34. The molecule has 0 spiro atoms. The van der Waals surface area contributed by atoms with E-state index >= 15 is 0 Å². The number of Topliss-reactive ketones (excluding diaryl/α,β-unsaturated/α-hetero) is 1. The van der Waals surface area contributed by atoms with E-state index in [0.717, 1.165) is 40.5 Å². The molecule has 0 radical (unpaired) electrons. The molecule has 7 nitrogen and oxygen atoms in total. The fourth-order valence-electron chi connectivity index (χ4n) is 3.55. The summed E-state index contributed by atoms with van der Waals surface area (Å²) >= 11 is 7.90. The van der Waals surface area contributed by atoms with Crippen LogP contribution in [0, 0.1) is 18.3 Å². The van der Waals surface area contributed by atoms with Crippen molar-refractivity contribution in [2.45, 2.75) is 46.1 Å². The van der Waals surface area contributed by atoms with Gasteiger partial charge in [-0.3, -0.25) is 23.9 Å². The Labute approximate surface area is 205 Å². The van der Waals surface area contributed by atoms with Gasteiger partial charge in [-0.1, -0.05) is 56.2 Å². The summed E-state index contributed by atoms with van der Waals surface area (Å²) in [6.07, 6.45) is 5.19. The lowest BCUT2D eigenvalue weighted by Crippen LogP contribution is -2.35. The molecule has 0 aromatic carbocycles. The predicted octanol–water partition coefficient (Wildman–Crippen LogP) is 4.46. The van der Waals surface area contributed by atoms with Crippen LogP contribution in [0.15, 0.2) is 27.2 Å². The van der Waals surface area contributed by atoms with E-state index in [1.807, 2.05) is 23.6 Å². The number of hydrogen-bond donors (Lipinski definition) is 1. The van der Waals surface area contributed by atoms with Crippen LogP contribution in [0.3, 0.4) is 0 Å². The number of pyridine rings is 1. The Morgan fingerprint density at radius 2 is 2.06 bits per heavy atom. The lowest BCUT2D eigenvalue weighted by molar-refractivity contribution is -0.121. The zero-order valence-corrected chi connectivity index (χ0v) is 20.7. The number of rotatable bonds is 9. The topological polar surface area (TPSA) is 103 Å². The number of thiophene rings is 1. The molecule has 2 aromatic heterocycles. The monoisotopic (exact) mass is 501 g/mol. The average Bonchev–Trinajstić information content (AvgIpc) is 3.37. The van der Waals surface area contributed by atoms with Crippen LogP contribution in [-0.4, -0.2) is 37.1 Å². The molecule has 3 rings (SSSR count). The van der Waals surface area contributed by atoms with Gasteiger partial charge in [0.15, 0.2) is 5.78 Å². The second kappa shape index (κ2) is 10.9. The molecule has 2 aromatic rings. The Kier molecular flexibility index (Phi) is 8.24. The quantitative estimate of drug-likeness (QED) is 0.234. The zero-order valence-electron chi connectivity index (χ0n) is 18.3. The van der Waals surface area contributed by atoms with Crippen molar-refractivity contribution in [1.82, 2.24) is 9.47 Å². The highest BCUT2D eigenvalue weighted by atomic mass is 32.2. The molecule has 0 unspecified atom stereocenters. The Hall–Kier alpha value is -2.74. The molecule has 1 aliphatic rings. The van der Waals surface area contributed by atoms with Crippen LogP contribution in [0.4, 0.5) is 0 Å². The summed E-state index contributed by atoms with van der Waals surface area (Å²) < 4.78 is 1.32. The Morgan fingerprint density at radius 3 is 2.70 bits per heavy atom. The maximum Gasteiger partial charge on any atom is 0.271 e. The van der Waals surface area contributed by atoms with Crippen molar-refractivity contribution >= 4 is 57.4 Å². The normalized spacial score (nSPS) is 14.8. The molecule has 10 heteroatoms. The van der Waals surface area contributed by atoms with Crippen molar-refractivity contribution in [2.24, 2.45) is 0 Å². The number of thioether (sulfide) groups is 1. The maximum atomic E-state index is 13.2. The zero-order chi connectivity index (χ0) is 24.1. The molecule has 0 aliphatic carbocycles. The van der Waals surface area contributed by atoms with Crippen LogP contribution in [-0.2, 0) is 11.3 Å². The van der Waals surface area contributed by atoms with Gasteiger partial charge in [-0.25, -0.2) is 0 Å². The first-order valence-corrected chi connectivity index (χ1v) is 12.6. The summed E-state index contributed by atoms with van der Waals surface area (Å²) in [5.41, 5.74) is -0.827. The number of nitrogens with zero attached hydrogens (tertiary/aromatic N) is 3. The Balaban J connectivity index is 1.90. The second-order valence-corrected chi connectivity index (χ2v) is 10.2. The van der Waals surface area contributed by atoms with Crippen LogP contribution in [0.1, 0.15) is 59.0 Å². The first-order chi connectivity index (χ1) is 15.8. The van der Waals surface area contributed by atoms with Gasteiger partial charge in [0.1, 0.15) is 16.0 Å². The molecule has 0 atom stereocenters. The molecular formula is C23H23N3O4S3. The van der Waals surface area contributed by atoms with Gasteiger partial charge in [-0.15, -0.1) is 11.3 Å². The van der Waals surface area contributed by atoms with E-state index in [4.69, 9.17) is 12.2 Å². The van der Waals surface area contributed by atoms with Crippen molar-refractivity contribution in [2.75, 3.05) is 6.54 Å². The van der Waals surface area contributed by atoms with Crippen molar-refractivity contribution in [3.05, 3.63) is 54.3 Å². The van der Waals surface area contributed by atoms with Gasteiger partial charge >= 0.3 is 0 Å². The van der Waals surface area contributed by atoms with Gasteiger partial charge in [0.2, 0.25) is 5.88 Å². The van der Waals surface area contributed by atoms with Crippen molar-refractivity contribution in [3.63, 3.8) is 0 Å². The van der Waals surface area contributed by atoms with E-state index in [1.165, 1.54) is 23.2 Å². The number of ketones is 1. The van der Waals surface area contributed by atoms with Gasteiger partial charge in [0.25, 0.3) is 11.5 Å². The molecule has 1 N–H and O–H groups in total. The van der Waals surface area contributed by atoms with E-state index in [9.17, 15) is 24.8 Å². The highest BCUT2D eigenvalue weighted by molar-refractivity contribution is 8.26. The van der Waals surface area contributed by atoms with Gasteiger partial charge in [0.05, 0.1) is 17.0 Å².